The third kappa shape index (κ3) is 11.2. The number of nitrogens with one attached hydrogen (secondary N) is 1. The zero-order chi connectivity index (χ0) is 12.4. The zero-order valence-corrected chi connectivity index (χ0v) is 8.68. The van der Waals surface area contributed by atoms with E-state index in [0.717, 1.165) is 0 Å². The van der Waals surface area contributed by atoms with E-state index in [1.165, 1.54) is 0 Å². The van der Waals surface area contributed by atoms with Crippen molar-refractivity contribution in [1.29, 1.82) is 0 Å². The van der Waals surface area contributed by atoms with Crippen LogP contribution in [0.5, 0.6) is 0 Å². The number of alkyl halides is 3. The molecule has 0 radical (unpaired) electrons. The van der Waals surface area contributed by atoms with Crippen LogP contribution in [-0.4, -0.2) is 51.6 Å². The molecule has 16 heavy (non-hydrogen) atoms. The molecule has 0 aliphatic heterocycles. The molecule has 0 aromatic heterocycles. The molecule has 0 spiro atoms. The number of amides is 1. The summed E-state index contributed by atoms with van der Waals surface area (Å²) in [5.41, 5.74) is 5.14. The van der Waals surface area contributed by atoms with Gasteiger partial charge in [0, 0.05) is 13.1 Å². The summed E-state index contributed by atoms with van der Waals surface area (Å²) < 4.78 is 43.9. The largest absolute Gasteiger partial charge is 0.411 e. The minimum absolute atomic E-state index is 0.216. The van der Waals surface area contributed by atoms with E-state index in [-0.39, 0.29) is 13.2 Å². The molecule has 3 N–H and O–H groups in total. The molecule has 0 aromatic carbocycles. The number of hydrogen-bond donors (Lipinski definition) is 2. The molecule has 96 valence electrons. The molecule has 0 bridgehead atoms. The van der Waals surface area contributed by atoms with E-state index >= 15 is 0 Å². The molecule has 0 saturated carbocycles. The first-order valence-electron chi connectivity index (χ1n) is 4.64. The van der Waals surface area contributed by atoms with E-state index in [1.54, 1.807) is 0 Å². The first-order chi connectivity index (χ1) is 7.45. The first-order valence-corrected chi connectivity index (χ1v) is 4.64. The average Bonchev–Trinajstić information content (AvgIpc) is 2.15. The van der Waals surface area contributed by atoms with Crippen molar-refractivity contribution >= 4 is 5.91 Å². The molecular formula is C8H15F3N2O3. The highest BCUT2D eigenvalue weighted by Gasteiger charge is 2.27. The highest BCUT2D eigenvalue weighted by molar-refractivity contribution is 5.77. The van der Waals surface area contributed by atoms with Crippen LogP contribution in [-0.2, 0) is 14.3 Å². The Kier molecular flexibility index (Phi) is 7.86. The van der Waals surface area contributed by atoms with Crippen LogP contribution in [0.4, 0.5) is 13.2 Å². The topological polar surface area (TPSA) is 73.6 Å². The summed E-state index contributed by atoms with van der Waals surface area (Å²) in [6.07, 6.45) is -4.41. The minimum Gasteiger partial charge on any atom is -0.378 e. The lowest BCUT2D eigenvalue weighted by Crippen LogP contribution is -2.32. The molecular weight excluding hydrogens is 229 g/mol. The van der Waals surface area contributed by atoms with E-state index in [2.05, 4.69) is 10.1 Å². The highest BCUT2D eigenvalue weighted by atomic mass is 19.4. The molecule has 0 aliphatic carbocycles. The van der Waals surface area contributed by atoms with Crippen LogP contribution in [0.3, 0.4) is 0 Å². The number of carbonyl (C=O) groups excluding carboxylic acids is 1. The first kappa shape index (κ1) is 15.1. The molecule has 0 aliphatic rings. The number of carbonyl (C=O) groups is 1. The van der Waals surface area contributed by atoms with E-state index in [1.807, 2.05) is 0 Å². The fourth-order valence-corrected chi connectivity index (χ4v) is 0.759. The smallest absolute Gasteiger partial charge is 0.378 e. The van der Waals surface area contributed by atoms with Crippen LogP contribution in [0, 0.1) is 0 Å². The van der Waals surface area contributed by atoms with Gasteiger partial charge in [-0.2, -0.15) is 13.2 Å². The van der Waals surface area contributed by atoms with Gasteiger partial charge in [-0.25, -0.2) is 0 Å². The third-order valence-corrected chi connectivity index (χ3v) is 1.33. The van der Waals surface area contributed by atoms with Crippen molar-refractivity contribution in [3.05, 3.63) is 0 Å². The van der Waals surface area contributed by atoms with Crippen LogP contribution in [0.25, 0.3) is 0 Å². The van der Waals surface area contributed by atoms with Gasteiger partial charge in [-0.05, 0) is 0 Å². The predicted octanol–water partition coefficient (Wildman–Crippen LogP) is -0.343. The van der Waals surface area contributed by atoms with Crippen LogP contribution in [0.1, 0.15) is 0 Å². The standard InChI is InChI=1S/C8H15F3N2O3/c9-8(10,11)6-16-5-7(14)13-2-4-15-3-1-12/h1-6,12H2,(H,13,14). The Labute approximate surface area is 91.1 Å². The van der Waals surface area contributed by atoms with Crippen molar-refractivity contribution in [2.45, 2.75) is 6.18 Å². The van der Waals surface area contributed by atoms with Crippen LogP contribution in [0.15, 0.2) is 0 Å². The molecule has 0 aromatic rings. The maximum absolute atomic E-state index is 11.6. The summed E-state index contributed by atoms with van der Waals surface area (Å²) in [5.74, 6) is -0.611. The van der Waals surface area contributed by atoms with Crippen molar-refractivity contribution in [3.63, 3.8) is 0 Å². The summed E-state index contributed by atoms with van der Waals surface area (Å²) in [4.78, 5) is 10.9. The number of hydrogen-bond acceptors (Lipinski definition) is 4. The summed E-state index contributed by atoms with van der Waals surface area (Å²) in [5, 5.41) is 2.33. The summed E-state index contributed by atoms with van der Waals surface area (Å²) >= 11 is 0. The number of rotatable bonds is 8. The van der Waals surface area contributed by atoms with Gasteiger partial charge in [-0.1, -0.05) is 0 Å². The normalized spacial score (nSPS) is 11.5. The molecule has 8 heteroatoms. The van der Waals surface area contributed by atoms with Crippen molar-refractivity contribution in [3.8, 4) is 0 Å². The molecule has 0 saturated heterocycles. The second-order valence-corrected chi connectivity index (χ2v) is 2.86. The van der Waals surface area contributed by atoms with Gasteiger partial charge in [0.2, 0.25) is 5.91 Å². The van der Waals surface area contributed by atoms with Gasteiger partial charge in [-0.3, -0.25) is 4.79 Å². The molecule has 5 nitrogen and oxygen atoms in total. The van der Waals surface area contributed by atoms with Gasteiger partial charge in [0.25, 0.3) is 0 Å². The Morgan fingerprint density at radius 2 is 1.94 bits per heavy atom. The fraction of sp³-hybridized carbons (Fsp3) is 0.875. The Bertz CT molecular complexity index is 199. The van der Waals surface area contributed by atoms with Gasteiger partial charge in [0.1, 0.15) is 13.2 Å². The molecule has 0 fully saturated rings. The maximum Gasteiger partial charge on any atom is 0.411 e. The number of nitrogens with two attached hydrogens (primary N) is 1. The van der Waals surface area contributed by atoms with Gasteiger partial charge in [-0.15, -0.1) is 0 Å². The minimum atomic E-state index is -4.41. The number of ether oxygens (including phenoxy) is 2. The molecule has 0 heterocycles. The predicted molar refractivity (Wildman–Crippen MR) is 49.8 cm³/mol. The lowest BCUT2D eigenvalue weighted by atomic mass is 10.5. The summed E-state index contributed by atoms with van der Waals surface area (Å²) in [6, 6.07) is 0. The Balaban J connectivity index is 3.32. The average molecular weight is 244 g/mol. The third-order valence-electron chi connectivity index (χ3n) is 1.33. The zero-order valence-electron chi connectivity index (χ0n) is 8.68. The highest BCUT2D eigenvalue weighted by Crippen LogP contribution is 2.13. The lowest BCUT2D eigenvalue weighted by molar-refractivity contribution is -0.175. The SMILES string of the molecule is NCCOCCNC(=O)COCC(F)(F)F. The Morgan fingerprint density at radius 1 is 1.25 bits per heavy atom. The van der Waals surface area contributed by atoms with E-state index in [4.69, 9.17) is 10.5 Å². The van der Waals surface area contributed by atoms with Crippen molar-refractivity contribution in [2.24, 2.45) is 5.73 Å². The maximum atomic E-state index is 11.6. The Hall–Kier alpha value is -0.860. The summed E-state index contributed by atoms with van der Waals surface area (Å²) in [7, 11) is 0. The van der Waals surface area contributed by atoms with Crippen LogP contribution >= 0.6 is 0 Å². The van der Waals surface area contributed by atoms with E-state index in [9.17, 15) is 18.0 Å². The quantitative estimate of drug-likeness (QED) is 0.573. The van der Waals surface area contributed by atoms with Gasteiger partial charge in [0.15, 0.2) is 0 Å². The van der Waals surface area contributed by atoms with Gasteiger partial charge >= 0.3 is 6.18 Å². The Morgan fingerprint density at radius 3 is 2.50 bits per heavy atom. The van der Waals surface area contributed by atoms with Gasteiger partial charge < -0.3 is 20.5 Å². The monoisotopic (exact) mass is 244 g/mol. The molecule has 0 rings (SSSR count). The van der Waals surface area contributed by atoms with Crippen molar-refractivity contribution < 1.29 is 27.4 Å². The molecule has 0 atom stereocenters. The van der Waals surface area contributed by atoms with E-state index in [0.29, 0.717) is 13.2 Å². The van der Waals surface area contributed by atoms with Crippen molar-refractivity contribution in [1.82, 2.24) is 5.32 Å². The molecule has 1 amide bonds. The van der Waals surface area contributed by atoms with Crippen LogP contribution in [0.2, 0.25) is 0 Å². The van der Waals surface area contributed by atoms with Gasteiger partial charge in [0.05, 0.1) is 13.2 Å². The number of halogens is 3. The second kappa shape index (κ2) is 8.31. The lowest BCUT2D eigenvalue weighted by Gasteiger charge is -2.08. The van der Waals surface area contributed by atoms with E-state index < -0.39 is 25.3 Å². The fourth-order valence-electron chi connectivity index (χ4n) is 0.759. The molecule has 0 unspecified atom stereocenters. The van der Waals surface area contributed by atoms with Crippen LogP contribution < -0.4 is 11.1 Å². The van der Waals surface area contributed by atoms with Crippen molar-refractivity contribution in [2.75, 3.05) is 39.5 Å². The second-order valence-electron chi connectivity index (χ2n) is 2.86. The summed E-state index contributed by atoms with van der Waals surface area (Å²) in [6.45, 7) is -0.806.